The first-order valence-corrected chi connectivity index (χ1v) is 31.9. The molecule has 6 aromatic carbocycles. The van der Waals surface area contributed by atoms with Crippen LogP contribution in [-0.2, 0) is 30.4 Å². The van der Waals surface area contributed by atoms with Crippen LogP contribution in [0.5, 0.6) is 0 Å². The summed E-state index contributed by atoms with van der Waals surface area (Å²) in [5, 5.41) is 7.86. The molecule has 0 aromatic heterocycles. The summed E-state index contributed by atoms with van der Waals surface area (Å²) >= 11 is 0. The number of benzene rings is 6. The minimum Gasteiger partial charge on any atom is -0.286 e. The normalized spacial score (nSPS) is 7.83. The highest BCUT2D eigenvalue weighted by atomic mass is 32.2. The minimum absolute atomic E-state index is 0.715. The summed E-state index contributed by atoms with van der Waals surface area (Å²) in [5.41, 5.74) is 0. The number of hydrogen-bond donors (Lipinski definition) is 3. The summed E-state index contributed by atoms with van der Waals surface area (Å²) in [4.78, 5) is 0. The van der Waals surface area contributed by atoms with Crippen molar-refractivity contribution in [2.45, 2.75) is 186 Å². The molecule has 0 atom stereocenters. The molecule has 0 fully saturated rings. The molecule has 0 bridgehead atoms. The van der Waals surface area contributed by atoms with Gasteiger partial charge in [-0.3, -0.25) is 13.7 Å². The Morgan fingerprint density at radius 1 is 0.236 bits per heavy atom. The second-order valence-corrected chi connectivity index (χ2v) is 14.3. The van der Waals surface area contributed by atoms with Gasteiger partial charge in [0.1, 0.15) is 0 Å². The zero-order valence-electron chi connectivity index (χ0n) is 51.6. The Hall–Kier alpha value is -4.17. The Balaban J connectivity index is -0.0000000489. The maximum atomic E-state index is 9.19. The maximum Gasteiger partial charge on any atom is 0.261 e. The van der Waals surface area contributed by atoms with Crippen molar-refractivity contribution in [2.75, 3.05) is 18.8 Å². The molecular formula is C60H116O9S3. The lowest BCUT2D eigenvalue weighted by Gasteiger charge is -1.92. The van der Waals surface area contributed by atoms with E-state index in [2.05, 4.69) is 159 Å². The highest BCUT2D eigenvalue weighted by molar-refractivity contribution is 7.85. The molecule has 0 aliphatic rings. The molecule has 0 spiro atoms. The van der Waals surface area contributed by atoms with Gasteiger partial charge >= 0.3 is 0 Å². The first-order chi connectivity index (χ1) is 34.3. The monoisotopic (exact) mass is 1080 g/mol. The summed E-state index contributed by atoms with van der Waals surface area (Å²) in [6.45, 7) is 52.2. The SMILES string of the molecule is CC.CC.CC.CC.CC.CC.CC.CC.CC.CC.CC.CC.CCC.CS(=O)(=O)O.CS(=O)(=O)O.CS(=O)(=O)O.c1ccc2ccccc2c1.c1ccc2ccccc2c1.c1ccc2ccccc2c1. The van der Waals surface area contributed by atoms with Gasteiger partial charge in [-0.1, -0.05) is 332 Å². The van der Waals surface area contributed by atoms with Gasteiger partial charge in [0.2, 0.25) is 0 Å². The van der Waals surface area contributed by atoms with Crippen LogP contribution in [0.15, 0.2) is 146 Å². The molecule has 0 saturated carbocycles. The lowest BCUT2D eigenvalue weighted by atomic mass is 10.1. The van der Waals surface area contributed by atoms with Crippen LogP contribution in [0.25, 0.3) is 32.3 Å². The molecule has 0 heterocycles. The Morgan fingerprint density at radius 3 is 0.319 bits per heavy atom. The van der Waals surface area contributed by atoms with Crippen molar-refractivity contribution in [1.82, 2.24) is 0 Å². The lowest BCUT2D eigenvalue weighted by Crippen LogP contribution is -1.88. The van der Waals surface area contributed by atoms with Crippen molar-refractivity contribution in [3.63, 3.8) is 0 Å². The standard InChI is InChI=1S/3C10H8.C3H8.12C2H6.3CH4O3S/c3*1-2-6-10-8-4-3-7-9(10)5-1;1-3-2;12*1-2;3*1-5(2,3)4/h3*1-8H;3H2,1-2H3;12*1-2H3;3*1H3,(H,2,3,4). The average Bonchev–Trinajstić information content (AvgIpc) is 3.42. The summed E-state index contributed by atoms with van der Waals surface area (Å²) in [7, 11) is -11.0. The fraction of sp³-hybridized carbons (Fsp3) is 0.500. The van der Waals surface area contributed by atoms with Gasteiger partial charge in [-0.2, -0.15) is 25.3 Å². The molecule has 0 unspecified atom stereocenters. The van der Waals surface area contributed by atoms with E-state index < -0.39 is 30.4 Å². The van der Waals surface area contributed by atoms with Crippen molar-refractivity contribution in [1.29, 1.82) is 0 Å². The maximum absolute atomic E-state index is 9.19. The van der Waals surface area contributed by atoms with Crippen LogP contribution in [0, 0.1) is 0 Å². The molecule has 0 saturated heterocycles. The molecule has 0 amide bonds. The third-order valence-corrected chi connectivity index (χ3v) is 4.98. The molecule has 0 radical (unpaired) electrons. The third kappa shape index (κ3) is 111. The van der Waals surface area contributed by atoms with Crippen LogP contribution in [0.3, 0.4) is 0 Å². The zero-order chi connectivity index (χ0) is 60.6. The predicted octanol–water partition coefficient (Wildman–Crippen LogP) is 20.8. The first kappa shape index (κ1) is 101. The van der Waals surface area contributed by atoms with E-state index in [9.17, 15) is 25.3 Å². The summed E-state index contributed by atoms with van der Waals surface area (Å²) < 4.78 is 77.6. The fourth-order valence-corrected chi connectivity index (χ4v) is 3.40. The van der Waals surface area contributed by atoms with E-state index in [1.807, 2.05) is 166 Å². The molecule has 72 heavy (non-hydrogen) atoms. The van der Waals surface area contributed by atoms with E-state index >= 15 is 0 Å². The average molecular weight is 1080 g/mol. The van der Waals surface area contributed by atoms with E-state index in [0.717, 1.165) is 0 Å². The fourth-order valence-electron chi connectivity index (χ4n) is 3.40. The molecule has 0 aliphatic heterocycles. The molecule has 428 valence electrons. The Morgan fingerprint density at radius 2 is 0.278 bits per heavy atom. The summed E-state index contributed by atoms with van der Waals surface area (Å²) in [6, 6.07) is 50.1. The van der Waals surface area contributed by atoms with Crippen LogP contribution >= 0.6 is 0 Å². The summed E-state index contributed by atoms with van der Waals surface area (Å²) in [6.07, 6.45) is 3.40. The number of rotatable bonds is 0. The first-order valence-electron chi connectivity index (χ1n) is 26.4. The number of hydrogen-bond acceptors (Lipinski definition) is 6. The van der Waals surface area contributed by atoms with E-state index in [4.69, 9.17) is 13.7 Å². The van der Waals surface area contributed by atoms with Gasteiger partial charge in [-0.05, 0) is 32.3 Å². The van der Waals surface area contributed by atoms with Crippen LogP contribution in [0.4, 0.5) is 0 Å². The van der Waals surface area contributed by atoms with Gasteiger partial charge in [0.05, 0.1) is 18.8 Å². The van der Waals surface area contributed by atoms with Crippen molar-refractivity contribution in [3.8, 4) is 0 Å². The van der Waals surface area contributed by atoms with Crippen LogP contribution in [0.1, 0.15) is 186 Å². The van der Waals surface area contributed by atoms with E-state index in [1.54, 1.807) is 0 Å². The van der Waals surface area contributed by atoms with Gasteiger partial charge in [-0.15, -0.1) is 0 Å². The smallest absolute Gasteiger partial charge is 0.261 e. The van der Waals surface area contributed by atoms with E-state index in [-0.39, 0.29) is 0 Å². The van der Waals surface area contributed by atoms with Crippen molar-refractivity contribution in [3.05, 3.63) is 146 Å². The highest BCUT2D eigenvalue weighted by Gasteiger charge is 1.87. The molecule has 3 N–H and O–H groups in total. The quantitative estimate of drug-likeness (QED) is 0.126. The summed E-state index contributed by atoms with van der Waals surface area (Å²) in [5.74, 6) is 0. The molecule has 0 aliphatic carbocycles. The Bertz CT molecular complexity index is 1640. The minimum atomic E-state index is -3.67. The zero-order valence-corrected chi connectivity index (χ0v) is 54.0. The van der Waals surface area contributed by atoms with E-state index in [1.165, 1.54) is 38.7 Å². The van der Waals surface area contributed by atoms with Crippen molar-refractivity contribution in [2.24, 2.45) is 0 Å². The van der Waals surface area contributed by atoms with Gasteiger partial charge in [0.25, 0.3) is 30.4 Å². The van der Waals surface area contributed by atoms with Gasteiger partial charge < -0.3 is 0 Å². The second-order valence-electron chi connectivity index (χ2n) is 9.95. The second kappa shape index (κ2) is 89.7. The van der Waals surface area contributed by atoms with Crippen molar-refractivity contribution >= 4 is 62.7 Å². The van der Waals surface area contributed by atoms with Crippen LogP contribution in [-0.4, -0.2) is 57.7 Å². The molecular weight excluding hydrogens is 961 g/mol. The van der Waals surface area contributed by atoms with Gasteiger partial charge in [-0.25, -0.2) is 0 Å². The van der Waals surface area contributed by atoms with Gasteiger partial charge in [0.15, 0.2) is 0 Å². The highest BCUT2D eigenvalue weighted by Crippen LogP contribution is 2.13. The molecule has 9 nitrogen and oxygen atoms in total. The van der Waals surface area contributed by atoms with Crippen molar-refractivity contribution < 1.29 is 38.9 Å². The molecule has 12 heteroatoms. The topological polar surface area (TPSA) is 163 Å². The predicted molar refractivity (Wildman–Crippen MR) is 336 cm³/mol. The van der Waals surface area contributed by atoms with Crippen LogP contribution < -0.4 is 0 Å². The van der Waals surface area contributed by atoms with E-state index in [0.29, 0.717) is 18.8 Å². The third-order valence-electron chi connectivity index (χ3n) is 4.98. The lowest BCUT2D eigenvalue weighted by molar-refractivity contribution is 0.488. The molecule has 6 rings (SSSR count). The number of fused-ring (bicyclic) bond motifs is 3. The Kier molecular flexibility index (Phi) is 126. The van der Waals surface area contributed by atoms with Gasteiger partial charge in [0, 0.05) is 0 Å². The largest absolute Gasteiger partial charge is 0.286 e. The molecule has 6 aromatic rings. The van der Waals surface area contributed by atoms with Crippen LogP contribution in [0.2, 0.25) is 0 Å². The Labute approximate surface area is 450 Å².